The third kappa shape index (κ3) is 4.23. The predicted molar refractivity (Wildman–Crippen MR) is 163 cm³/mol. The monoisotopic (exact) mass is 627 g/mol. The fraction of sp³-hybridized carbons (Fsp3) is 0.719. The molecule has 9 atom stereocenters. The van der Waals surface area contributed by atoms with Crippen LogP contribution in [0.25, 0.3) is 9.69 Å². The molecule has 0 bridgehead atoms. The highest BCUT2D eigenvalue weighted by molar-refractivity contribution is 9.11. The topological polar surface area (TPSA) is 72.0 Å². The smallest absolute Gasteiger partial charge is 0.297 e. The maximum atomic E-state index is 13.5. The first-order valence-electron chi connectivity index (χ1n) is 14.8. The molecule has 0 radical (unpaired) electrons. The second-order valence-corrected chi connectivity index (χ2v) is 16.1. The predicted octanol–water partition coefficient (Wildman–Crippen LogP) is 7.68. The van der Waals surface area contributed by atoms with Crippen molar-refractivity contribution < 1.29 is 14.4 Å². The molecule has 6 nitrogen and oxygen atoms in total. The van der Waals surface area contributed by atoms with Crippen molar-refractivity contribution in [3.63, 3.8) is 0 Å². The van der Waals surface area contributed by atoms with Crippen LogP contribution in [0.1, 0.15) is 103 Å². The van der Waals surface area contributed by atoms with E-state index >= 15 is 0 Å². The van der Waals surface area contributed by atoms with E-state index in [-0.39, 0.29) is 58.0 Å². The lowest BCUT2D eigenvalue weighted by Crippen LogP contribution is -2.66. The molecule has 0 spiro atoms. The molecule has 0 aromatic carbocycles. The van der Waals surface area contributed by atoms with Gasteiger partial charge in [-0.05, 0) is 72.0 Å². The van der Waals surface area contributed by atoms with Crippen LogP contribution in [-0.2, 0) is 14.4 Å². The van der Waals surface area contributed by atoms with Gasteiger partial charge in [-0.15, -0.1) is 11.3 Å². The molecule has 5 rings (SSSR count). The number of ketones is 2. The van der Waals surface area contributed by atoms with Crippen molar-refractivity contribution in [2.24, 2.45) is 34.5 Å². The molecule has 0 aliphatic heterocycles. The Kier molecular flexibility index (Phi) is 7.63. The van der Waals surface area contributed by atoms with E-state index < -0.39 is 11.1 Å². The zero-order valence-corrected chi connectivity index (χ0v) is 26.6. The van der Waals surface area contributed by atoms with Crippen LogP contribution in [-0.4, -0.2) is 28.6 Å². The van der Waals surface area contributed by atoms with Gasteiger partial charge in [-0.1, -0.05) is 30.5 Å². The largest absolute Gasteiger partial charge is 0.349 e. The molecule has 1 unspecified atom stereocenters. The van der Waals surface area contributed by atoms with Gasteiger partial charge < -0.3 is 5.32 Å². The van der Waals surface area contributed by atoms with Gasteiger partial charge in [0.2, 0.25) is 5.91 Å². The first-order valence-corrected chi connectivity index (χ1v) is 16.4. The van der Waals surface area contributed by atoms with Crippen molar-refractivity contribution >= 4 is 44.7 Å². The van der Waals surface area contributed by atoms with Gasteiger partial charge in [-0.2, -0.15) is 0 Å². The van der Waals surface area contributed by atoms with Gasteiger partial charge in [0.15, 0.2) is 0 Å². The van der Waals surface area contributed by atoms with E-state index in [1.165, 1.54) is 0 Å². The second-order valence-electron chi connectivity index (χ2n) is 13.6. The summed E-state index contributed by atoms with van der Waals surface area (Å²) in [6.45, 7) is 21.5. The van der Waals surface area contributed by atoms with E-state index in [4.69, 9.17) is 22.8 Å². The number of thiophene rings is 1. The first kappa shape index (κ1) is 29.5. The molecule has 4 saturated carbocycles. The number of hydrogen-bond donors (Lipinski definition) is 1. The Bertz CT molecular complexity index is 1310. The molecular weight excluding hydrogens is 586 g/mol. The number of nitrogens with one attached hydrogen (secondary N) is 1. The Hall–Kier alpha value is -2.03. The second kappa shape index (κ2) is 10.4. The SMILES string of the molecule is C#[N+][C@]12CC[C@]3(C)[C@@H]([C@H](C)CC(=O)NC(C)c4ccc(Br)s4)CC[C@@]3([N+]#C)[C@H]1CC(=O)C[C@@H]1CC(=O)CC[C@@]12C. The molecule has 1 N–H and O–H groups in total. The van der Waals surface area contributed by atoms with E-state index in [0.717, 1.165) is 34.3 Å². The van der Waals surface area contributed by atoms with Crippen molar-refractivity contribution in [2.75, 3.05) is 0 Å². The van der Waals surface area contributed by atoms with Gasteiger partial charge in [0.1, 0.15) is 17.5 Å². The lowest BCUT2D eigenvalue weighted by molar-refractivity contribution is -0.130. The fourth-order valence-corrected chi connectivity index (χ4v) is 11.3. The van der Waals surface area contributed by atoms with Crippen LogP contribution in [0.3, 0.4) is 0 Å². The van der Waals surface area contributed by atoms with Crippen LogP contribution >= 0.6 is 27.3 Å². The Morgan fingerprint density at radius 1 is 1.02 bits per heavy atom. The van der Waals surface area contributed by atoms with Crippen LogP contribution in [0.5, 0.6) is 0 Å². The van der Waals surface area contributed by atoms with E-state index in [1.54, 1.807) is 11.3 Å². The normalized spacial score (nSPS) is 40.4. The Morgan fingerprint density at radius 2 is 1.70 bits per heavy atom. The molecule has 8 heteroatoms. The minimum absolute atomic E-state index is 0.0456. The summed E-state index contributed by atoms with van der Waals surface area (Å²) in [5, 5.41) is 3.18. The fourth-order valence-electron chi connectivity index (χ4n) is 9.86. The quantitative estimate of drug-likeness (QED) is 0.364. The molecule has 0 saturated heterocycles. The van der Waals surface area contributed by atoms with Gasteiger partial charge in [0, 0.05) is 49.8 Å². The lowest BCUT2D eigenvalue weighted by atomic mass is 9.43. The highest BCUT2D eigenvalue weighted by atomic mass is 79.9. The van der Waals surface area contributed by atoms with Gasteiger partial charge in [-0.25, -0.2) is 0 Å². The van der Waals surface area contributed by atoms with Crippen LogP contribution in [0.4, 0.5) is 0 Å². The molecule has 40 heavy (non-hydrogen) atoms. The maximum absolute atomic E-state index is 13.5. The van der Waals surface area contributed by atoms with E-state index in [0.29, 0.717) is 38.5 Å². The number of nitrogens with zero attached hydrogens (tertiary/aromatic N) is 2. The van der Waals surface area contributed by atoms with Gasteiger partial charge in [0.25, 0.3) is 24.2 Å². The number of halogens is 1. The highest BCUT2D eigenvalue weighted by Crippen LogP contribution is 2.72. The number of Topliss-reactive ketones (excluding diaryl/α,β-unsaturated/α-hetero) is 2. The molecule has 1 amide bonds. The Balaban J connectivity index is 1.43. The summed E-state index contributed by atoms with van der Waals surface area (Å²) in [5.41, 5.74) is -1.96. The van der Waals surface area contributed by atoms with Crippen LogP contribution < -0.4 is 5.32 Å². The van der Waals surface area contributed by atoms with Gasteiger partial charge in [0.05, 0.1) is 20.7 Å². The van der Waals surface area contributed by atoms with Crippen molar-refractivity contribution in [1.29, 1.82) is 0 Å². The molecule has 4 aliphatic carbocycles. The zero-order chi connectivity index (χ0) is 29.1. The van der Waals surface area contributed by atoms with Gasteiger partial charge in [-0.3, -0.25) is 14.4 Å². The first-order chi connectivity index (χ1) is 18.9. The minimum Gasteiger partial charge on any atom is -0.349 e. The summed E-state index contributed by atoms with van der Waals surface area (Å²) in [7, 11) is 0. The van der Waals surface area contributed by atoms with E-state index in [2.05, 4.69) is 42.0 Å². The Morgan fingerprint density at radius 3 is 2.35 bits per heavy atom. The van der Waals surface area contributed by atoms with Crippen molar-refractivity contribution in [2.45, 2.75) is 109 Å². The minimum atomic E-state index is -0.660. The molecule has 1 heterocycles. The summed E-state index contributed by atoms with van der Waals surface area (Å²) in [5.74, 6) is 0.519. The van der Waals surface area contributed by atoms with Gasteiger partial charge >= 0.3 is 0 Å². The summed E-state index contributed by atoms with van der Waals surface area (Å²) < 4.78 is 1.05. The van der Waals surface area contributed by atoms with Crippen LogP contribution in [0.15, 0.2) is 15.9 Å². The molecule has 4 fully saturated rings. The average molecular weight is 629 g/mol. The van der Waals surface area contributed by atoms with Crippen molar-refractivity contribution in [1.82, 2.24) is 5.32 Å². The molecular formula is C32H42BrN3O3S+2. The molecule has 214 valence electrons. The number of amides is 1. The standard InChI is InChI=1S/C32H41BrN3O3S/c1-19(15-28(39)36-20(2)25-7-8-27(33)40-25)24-10-12-31(34-5)26-18-23(38)17-21-16-22(37)9-11-29(21,3)32(26,35-6)14-13-30(24,31)4/h5-8,19-21,24,26H,9-18H2,1-4H3/q+1/p+1/t19-,20?,21+,24-,26-,29+,30-,31-,32-/m1/s1. The third-order valence-electron chi connectivity index (χ3n) is 12.1. The summed E-state index contributed by atoms with van der Waals surface area (Å²) in [4.78, 5) is 49.7. The lowest BCUT2D eigenvalue weighted by Gasteiger charge is -2.53. The van der Waals surface area contributed by atoms with E-state index in [9.17, 15) is 14.4 Å². The van der Waals surface area contributed by atoms with Crippen LogP contribution in [0.2, 0.25) is 0 Å². The van der Waals surface area contributed by atoms with Crippen molar-refractivity contribution in [3.05, 3.63) is 30.5 Å². The highest BCUT2D eigenvalue weighted by Gasteiger charge is 2.83. The zero-order valence-electron chi connectivity index (χ0n) is 24.2. The maximum Gasteiger partial charge on any atom is 0.297 e. The molecule has 1 aromatic heterocycles. The average Bonchev–Trinajstić information content (AvgIpc) is 3.45. The van der Waals surface area contributed by atoms with E-state index in [1.807, 2.05) is 19.1 Å². The number of rotatable bonds is 5. The van der Waals surface area contributed by atoms with Crippen LogP contribution in [0, 0.1) is 47.6 Å². The number of hydrogen-bond acceptors (Lipinski definition) is 4. The summed E-state index contributed by atoms with van der Waals surface area (Å²) in [6, 6.07) is 3.99. The summed E-state index contributed by atoms with van der Waals surface area (Å²) >= 11 is 5.14. The Labute approximate surface area is 250 Å². The van der Waals surface area contributed by atoms with Crippen molar-refractivity contribution in [3.8, 4) is 13.1 Å². The number of fused-ring (bicyclic) bond motifs is 5. The summed E-state index contributed by atoms with van der Waals surface area (Å²) in [6.07, 6.45) is 6.00. The third-order valence-corrected chi connectivity index (χ3v) is 13.9. The number of carbonyl (C=O) groups is 3. The molecule has 1 aromatic rings. The number of carbonyl (C=O) groups excluding carboxylic acids is 3. The molecule has 4 aliphatic rings.